The van der Waals surface area contributed by atoms with E-state index in [1.54, 1.807) is 86.4 Å². The first-order chi connectivity index (χ1) is 33.6. The molecule has 0 aromatic heterocycles. The van der Waals surface area contributed by atoms with Crippen molar-refractivity contribution < 1.29 is 84.7 Å². The van der Waals surface area contributed by atoms with E-state index in [0.29, 0.717) is 0 Å². The lowest BCUT2D eigenvalue weighted by Crippen LogP contribution is -2.65. The number of carbonyl (C=O) groups excluding carboxylic acids is 1. The molecule has 0 spiro atoms. The molecule has 20 heteroatoms. The molecule has 0 unspecified atom stereocenters. The van der Waals surface area contributed by atoms with Crippen molar-refractivity contribution in [1.29, 1.82) is 0 Å². The summed E-state index contributed by atoms with van der Waals surface area (Å²) in [5.74, 6) is -6.88. The lowest BCUT2D eigenvalue weighted by Gasteiger charge is -2.47. The third kappa shape index (κ3) is 20.7. The molecule has 3 aliphatic rings. The Bertz CT molecular complexity index is 1790. The molecular formula is C51H83N3O17. The topological polar surface area (TPSA) is 349 Å². The molecule has 3 heterocycles. The van der Waals surface area contributed by atoms with Crippen molar-refractivity contribution in [1.82, 2.24) is 4.90 Å². The van der Waals surface area contributed by atoms with Crippen LogP contribution in [0, 0.1) is 17.8 Å². The van der Waals surface area contributed by atoms with Crippen LogP contribution < -0.4 is 11.5 Å². The number of carboxylic acids is 1. The van der Waals surface area contributed by atoms with Crippen LogP contribution in [0.4, 0.5) is 0 Å². The van der Waals surface area contributed by atoms with Gasteiger partial charge < -0.3 is 86.6 Å². The Hall–Kier alpha value is -3.52. The minimum atomic E-state index is -2.35. The monoisotopic (exact) mass is 1010 g/mol. The summed E-state index contributed by atoms with van der Waals surface area (Å²) in [6.45, 7) is 7.77. The van der Waals surface area contributed by atoms with Gasteiger partial charge in [-0.3, -0.25) is 14.5 Å². The smallest absolute Gasteiger partial charge is 0.311 e. The van der Waals surface area contributed by atoms with Crippen molar-refractivity contribution >= 4 is 11.9 Å². The zero-order valence-electron chi connectivity index (χ0n) is 41.4. The van der Waals surface area contributed by atoms with Crippen LogP contribution in [0.2, 0.25) is 0 Å². The molecule has 0 saturated carbocycles. The summed E-state index contributed by atoms with van der Waals surface area (Å²) in [6.07, 6.45) is 3.47. The largest absolute Gasteiger partial charge is 0.481 e. The molecule has 0 aromatic rings. The molecule has 0 amide bonds. The molecule has 3 aliphatic heterocycles. The SMILES string of the molecule is C[C@@H]1[C@H](O)[C@@H](C)C=CC=CC=CC=CC=CC=CC=C[C@H](O[C@@H]2O[C@H](C)[C@@H](O)[C@H](N(CCN)CCN)[C@@H]2O)C[C@@H]2O[C@](O)(C[C@@H](O)C[C@@H](O)[C@H](O)CC[C@@H](O)C[C@@H](O)CC(=O)O[C@H]1C)C[C@H](O)[C@H]2C(=O)O. The molecule has 2 fully saturated rings. The number of cyclic esters (lactones) is 1. The van der Waals surface area contributed by atoms with E-state index >= 15 is 0 Å². The highest BCUT2D eigenvalue weighted by molar-refractivity contribution is 5.71. The Morgan fingerprint density at radius 3 is 1.80 bits per heavy atom. The van der Waals surface area contributed by atoms with E-state index in [0.717, 1.165) is 0 Å². The molecule has 2 bridgehead atoms. The molecular weight excluding hydrogens is 927 g/mol. The fourth-order valence-corrected chi connectivity index (χ4v) is 9.09. The Balaban J connectivity index is 1.93. The van der Waals surface area contributed by atoms with Crippen LogP contribution in [-0.2, 0) is 28.5 Å². The van der Waals surface area contributed by atoms with Crippen molar-refractivity contribution in [2.75, 3.05) is 26.2 Å². The van der Waals surface area contributed by atoms with Gasteiger partial charge in [-0.1, -0.05) is 98.9 Å². The number of aliphatic hydroxyl groups excluding tert-OH is 9. The summed E-state index contributed by atoms with van der Waals surface area (Å²) in [5.41, 5.74) is 11.7. The second-order valence-electron chi connectivity index (χ2n) is 19.1. The fourth-order valence-electron chi connectivity index (χ4n) is 9.09. The second kappa shape index (κ2) is 31.3. The minimum absolute atomic E-state index is 0.113. The zero-order valence-corrected chi connectivity index (χ0v) is 41.4. The Labute approximate surface area is 417 Å². The van der Waals surface area contributed by atoms with Gasteiger partial charge in [-0.25, -0.2) is 0 Å². The van der Waals surface area contributed by atoms with Crippen LogP contribution in [0.1, 0.15) is 79.1 Å². The highest BCUT2D eigenvalue weighted by atomic mass is 16.7. The van der Waals surface area contributed by atoms with E-state index in [4.69, 9.17) is 30.4 Å². The van der Waals surface area contributed by atoms with Crippen molar-refractivity contribution in [3.8, 4) is 0 Å². The molecule has 3 rings (SSSR count). The number of esters is 1. The van der Waals surface area contributed by atoms with Gasteiger partial charge in [0.2, 0.25) is 0 Å². The van der Waals surface area contributed by atoms with Crippen LogP contribution in [-0.4, -0.2) is 197 Å². The first-order valence-corrected chi connectivity index (χ1v) is 24.7. The predicted octanol–water partition coefficient (Wildman–Crippen LogP) is -0.0276. The summed E-state index contributed by atoms with van der Waals surface area (Å²) in [5, 5.41) is 121. The number of aliphatic hydroxyl groups is 10. The van der Waals surface area contributed by atoms with E-state index < -0.39 is 147 Å². The van der Waals surface area contributed by atoms with Gasteiger partial charge in [0, 0.05) is 63.7 Å². The van der Waals surface area contributed by atoms with E-state index in [1.165, 1.54) is 0 Å². The number of nitrogens with zero attached hydrogens (tertiary/aromatic N) is 1. The van der Waals surface area contributed by atoms with Crippen molar-refractivity contribution in [2.24, 2.45) is 29.2 Å². The highest BCUT2D eigenvalue weighted by Gasteiger charge is 2.51. The van der Waals surface area contributed by atoms with Crippen LogP contribution in [0.3, 0.4) is 0 Å². The third-order valence-corrected chi connectivity index (χ3v) is 13.2. The normalized spacial score (nSPS) is 39.6. The summed E-state index contributed by atoms with van der Waals surface area (Å²) in [4.78, 5) is 27.1. The average Bonchev–Trinajstić information content (AvgIpc) is 3.28. The first-order valence-electron chi connectivity index (χ1n) is 24.7. The Morgan fingerprint density at radius 2 is 1.24 bits per heavy atom. The summed E-state index contributed by atoms with van der Waals surface area (Å²) >= 11 is 0. The van der Waals surface area contributed by atoms with E-state index in [2.05, 4.69) is 0 Å². The van der Waals surface area contributed by atoms with Gasteiger partial charge in [-0.2, -0.15) is 0 Å². The molecule has 404 valence electrons. The molecule has 0 radical (unpaired) electrons. The molecule has 15 N–H and O–H groups in total. The molecule has 0 aromatic carbocycles. The third-order valence-electron chi connectivity index (χ3n) is 13.2. The number of carboxylic acid groups (broad SMARTS) is 1. The molecule has 20 nitrogen and oxygen atoms in total. The molecule has 71 heavy (non-hydrogen) atoms. The van der Waals surface area contributed by atoms with E-state index in [-0.39, 0.29) is 57.8 Å². The lowest BCUT2D eigenvalue weighted by molar-refractivity contribution is -0.312. The number of aliphatic carboxylic acids is 1. The van der Waals surface area contributed by atoms with Gasteiger partial charge >= 0.3 is 11.9 Å². The summed E-state index contributed by atoms with van der Waals surface area (Å²) < 4.78 is 23.8. The minimum Gasteiger partial charge on any atom is -0.481 e. The quantitative estimate of drug-likeness (QED) is 0.142. The standard InChI is InChI=1S/C51H83N3O17/c1-31-17-15-13-11-9-7-5-6-8-10-12-14-16-18-38(70-50-48(64)45(47(63)34(4)69-50)54(23-21-52)24-22-53)28-42-44(49(65)66)41(60)30-51(67,71-42)29-37(57)26-40(59)39(58)20-19-35(55)25-36(56)27-43(61)68-33(3)32(2)46(31)62/h5-18,31-42,44-48,50,55-60,62-64,67H,19-30,52-53H2,1-4H3,(H,65,66)/t31-,32-,33-,34+,35+,36+,37-,38-,39+,40+,41-,42-,44+,45-,46+,47+,48-,50-,51+/m0/s1. The molecule has 2 saturated heterocycles. The number of hydrogen-bond acceptors (Lipinski definition) is 19. The Morgan fingerprint density at radius 1 is 0.676 bits per heavy atom. The fraction of sp³-hybridized carbons (Fsp3) is 0.686. The van der Waals surface area contributed by atoms with Crippen LogP contribution in [0.5, 0.6) is 0 Å². The van der Waals surface area contributed by atoms with Crippen molar-refractivity contribution in [3.63, 3.8) is 0 Å². The number of nitrogens with two attached hydrogens (primary N) is 2. The predicted molar refractivity (Wildman–Crippen MR) is 262 cm³/mol. The second-order valence-corrected chi connectivity index (χ2v) is 19.1. The van der Waals surface area contributed by atoms with Crippen LogP contribution in [0.15, 0.2) is 85.1 Å². The first kappa shape index (κ1) is 61.8. The maximum Gasteiger partial charge on any atom is 0.311 e. The lowest BCUT2D eigenvalue weighted by atomic mass is 9.82. The van der Waals surface area contributed by atoms with Gasteiger partial charge in [-0.15, -0.1) is 0 Å². The van der Waals surface area contributed by atoms with Crippen molar-refractivity contribution in [3.05, 3.63) is 85.1 Å². The number of rotatable bonds is 8. The van der Waals surface area contributed by atoms with E-state index in [1.807, 2.05) is 31.2 Å². The zero-order chi connectivity index (χ0) is 52.8. The number of allylic oxidation sites excluding steroid dienone is 12. The number of ether oxygens (including phenoxy) is 4. The van der Waals surface area contributed by atoms with Gasteiger partial charge in [0.15, 0.2) is 12.1 Å². The van der Waals surface area contributed by atoms with Gasteiger partial charge in [0.1, 0.15) is 18.1 Å². The van der Waals surface area contributed by atoms with Crippen LogP contribution >= 0.6 is 0 Å². The van der Waals surface area contributed by atoms with Gasteiger partial charge in [0.25, 0.3) is 0 Å². The summed E-state index contributed by atoms with van der Waals surface area (Å²) in [6, 6.07) is -0.919. The molecule has 19 atom stereocenters. The van der Waals surface area contributed by atoms with Gasteiger partial charge in [-0.05, 0) is 33.1 Å². The number of carbonyl (C=O) groups is 2. The average molecular weight is 1010 g/mol. The highest BCUT2D eigenvalue weighted by Crippen LogP contribution is 2.38. The van der Waals surface area contributed by atoms with Crippen LogP contribution in [0.25, 0.3) is 0 Å². The van der Waals surface area contributed by atoms with E-state index in [9.17, 15) is 65.8 Å². The molecule has 0 aliphatic carbocycles. The number of fused-ring (bicyclic) bond motifs is 2. The maximum atomic E-state index is 12.7. The Kier molecular flexibility index (Phi) is 27.2. The summed E-state index contributed by atoms with van der Waals surface area (Å²) in [7, 11) is 0. The van der Waals surface area contributed by atoms with Gasteiger partial charge in [0.05, 0.1) is 79.6 Å². The number of hydrogen-bond donors (Lipinski definition) is 13. The maximum absolute atomic E-state index is 12.7. The van der Waals surface area contributed by atoms with Crippen molar-refractivity contribution in [2.45, 2.75) is 177 Å².